The highest BCUT2D eigenvalue weighted by atomic mass is 16.7. The number of hydrogen-bond donors (Lipinski definition) is 1. The van der Waals surface area contributed by atoms with Crippen LogP contribution in [0.4, 0.5) is 4.79 Å². The highest BCUT2D eigenvalue weighted by Crippen LogP contribution is 2.21. The zero-order chi connectivity index (χ0) is 24.0. The molecule has 0 heterocycles. The van der Waals surface area contributed by atoms with Crippen LogP contribution in [0.1, 0.15) is 29.7 Å². The first-order valence-corrected chi connectivity index (χ1v) is 11.1. The van der Waals surface area contributed by atoms with Gasteiger partial charge in [-0.25, -0.2) is 9.59 Å². The van der Waals surface area contributed by atoms with Crippen LogP contribution in [0.2, 0.25) is 0 Å². The number of benzene rings is 3. The Morgan fingerprint density at radius 3 is 1.91 bits per heavy atom. The molecule has 3 aromatic rings. The van der Waals surface area contributed by atoms with E-state index in [-0.39, 0.29) is 20.0 Å². The molecule has 7 nitrogen and oxygen atoms in total. The van der Waals surface area contributed by atoms with Gasteiger partial charge in [-0.15, -0.1) is 0 Å². The van der Waals surface area contributed by atoms with Gasteiger partial charge in [0.05, 0.1) is 19.3 Å². The van der Waals surface area contributed by atoms with Crippen molar-refractivity contribution < 1.29 is 28.5 Å². The average molecular weight is 464 g/mol. The number of carbonyl (C=O) groups excluding carboxylic acids is 2. The van der Waals surface area contributed by atoms with Gasteiger partial charge in [0.15, 0.2) is 6.10 Å². The van der Waals surface area contributed by atoms with Gasteiger partial charge < -0.3 is 24.3 Å². The average Bonchev–Trinajstić information content (AvgIpc) is 2.88. The summed E-state index contributed by atoms with van der Waals surface area (Å²) in [5.74, 6) is -0.608. The first-order chi connectivity index (χ1) is 16.7. The van der Waals surface area contributed by atoms with E-state index in [9.17, 15) is 9.59 Å². The lowest BCUT2D eigenvalue weighted by molar-refractivity contribution is -0.171. The van der Waals surface area contributed by atoms with Gasteiger partial charge >= 0.3 is 12.1 Å². The molecule has 0 aliphatic carbocycles. The van der Waals surface area contributed by atoms with E-state index in [1.165, 1.54) is 0 Å². The van der Waals surface area contributed by atoms with Crippen LogP contribution in [0.3, 0.4) is 0 Å². The van der Waals surface area contributed by atoms with Crippen LogP contribution >= 0.6 is 0 Å². The molecule has 0 saturated heterocycles. The van der Waals surface area contributed by atoms with Gasteiger partial charge in [0.25, 0.3) is 0 Å². The fourth-order valence-corrected chi connectivity index (χ4v) is 3.27. The SMILES string of the molecule is CCOC(=O)[C@@H](OCOCc1ccccc1)[C@@H](NC(=O)OCc1ccccc1)c1ccccc1. The Labute approximate surface area is 199 Å². The van der Waals surface area contributed by atoms with Crippen molar-refractivity contribution in [1.29, 1.82) is 0 Å². The highest BCUT2D eigenvalue weighted by molar-refractivity contribution is 5.77. The summed E-state index contributed by atoms with van der Waals surface area (Å²) < 4.78 is 22.0. The van der Waals surface area contributed by atoms with Crippen LogP contribution in [0.25, 0.3) is 0 Å². The maximum Gasteiger partial charge on any atom is 0.408 e. The summed E-state index contributed by atoms with van der Waals surface area (Å²) in [5, 5.41) is 2.76. The van der Waals surface area contributed by atoms with Crippen LogP contribution in [0, 0.1) is 0 Å². The van der Waals surface area contributed by atoms with Gasteiger partial charge in [0.1, 0.15) is 13.4 Å². The Morgan fingerprint density at radius 2 is 1.32 bits per heavy atom. The van der Waals surface area contributed by atoms with Crippen molar-refractivity contribution in [3.05, 3.63) is 108 Å². The van der Waals surface area contributed by atoms with Gasteiger partial charge in [-0.05, 0) is 23.6 Å². The lowest BCUT2D eigenvalue weighted by atomic mass is 10.0. The second-order valence-corrected chi connectivity index (χ2v) is 7.39. The van der Waals surface area contributed by atoms with Crippen molar-refractivity contribution in [3.8, 4) is 0 Å². The van der Waals surface area contributed by atoms with Gasteiger partial charge in [0.2, 0.25) is 0 Å². The third-order valence-corrected chi connectivity index (χ3v) is 4.91. The van der Waals surface area contributed by atoms with Crippen molar-refractivity contribution in [3.63, 3.8) is 0 Å². The maximum atomic E-state index is 12.8. The van der Waals surface area contributed by atoms with Crippen molar-refractivity contribution in [2.45, 2.75) is 32.3 Å². The molecule has 178 valence electrons. The van der Waals surface area contributed by atoms with Crippen LogP contribution in [0.15, 0.2) is 91.0 Å². The molecule has 0 bridgehead atoms. The summed E-state index contributed by atoms with van der Waals surface area (Å²) in [6.07, 6.45) is -1.82. The topological polar surface area (TPSA) is 83.1 Å². The van der Waals surface area contributed by atoms with E-state index in [2.05, 4.69) is 5.32 Å². The monoisotopic (exact) mass is 463 g/mol. The van der Waals surface area contributed by atoms with Crippen molar-refractivity contribution in [2.24, 2.45) is 0 Å². The second-order valence-electron chi connectivity index (χ2n) is 7.39. The molecule has 0 aliphatic rings. The van der Waals surface area contributed by atoms with E-state index < -0.39 is 24.2 Å². The van der Waals surface area contributed by atoms with E-state index in [4.69, 9.17) is 18.9 Å². The summed E-state index contributed by atoms with van der Waals surface area (Å²) in [6, 6.07) is 27.2. The molecule has 0 spiro atoms. The predicted molar refractivity (Wildman–Crippen MR) is 127 cm³/mol. The summed E-state index contributed by atoms with van der Waals surface area (Å²) >= 11 is 0. The van der Waals surface area contributed by atoms with Crippen molar-refractivity contribution in [2.75, 3.05) is 13.4 Å². The molecule has 3 rings (SSSR count). The number of carbonyl (C=O) groups is 2. The summed E-state index contributed by atoms with van der Waals surface area (Å²) in [5.41, 5.74) is 2.49. The molecule has 0 unspecified atom stereocenters. The maximum absolute atomic E-state index is 12.8. The minimum Gasteiger partial charge on any atom is -0.464 e. The number of nitrogens with one attached hydrogen (secondary N) is 1. The minimum absolute atomic E-state index is 0.0965. The third-order valence-electron chi connectivity index (χ3n) is 4.91. The number of amides is 1. The first-order valence-electron chi connectivity index (χ1n) is 11.1. The number of rotatable bonds is 12. The smallest absolute Gasteiger partial charge is 0.408 e. The van der Waals surface area contributed by atoms with Crippen LogP contribution in [-0.2, 0) is 37.0 Å². The number of esters is 1. The molecule has 0 saturated carbocycles. The van der Waals surface area contributed by atoms with Gasteiger partial charge in [-0.3, -0.25) is 0 Å². The molecule has 0 fully saturated rings. The Hall–Kier alpha value is -3.68. The standard InChI is InChI=1S/C27H29NO6/c1-2-32-26(29)25(34-20-31-18-21-12-6-3-7-13-21)24(23-16-10-5-11-17-23)28-27(30)33-19-22-14-8-4-9-15-22/h3-17,24-25H,2,18-20H2,1H3,(H,28,30)/t24-,25-/m0/s1. The molecule has 1 amide bonds. The fourth-order valence-electron chi connectivity index (χ4n) is 3.27. The quantitative estimate of drug-likeness (QED) is 0.237. The van der Waals surface area contributed by atoms with E-state index >= 15 is 0 Å². The zero-order valence-corrected chi connectivity index (χ0v) is 19.1. The van der Waals surface area contributed by atoms with Crippen molar-refractivity contribution >= 4 is 12.1 Å². The predicted octanol–water partition coefficient (Wildman–Crippen LogP) is 4.78. The Bertz CT molecular complexity index is 997. The molecule has 34 heavy (non-hydrogen) atoms. The molecule has 0 aromatic heterocycles. The van der Waals surface area contributed by atoms with Crippen LogP contribution in [0.5, 0.6) is 0 Å². The highest BCUT2D eigenvalue weighted by Gasteiger charge is 2.33. The lowest BCUT2D eigenvalue weighted by Gasteiger charge is -2.26. The molecule has 0 radical (unpaired) electrons. The van der Waals surface area contributed by atoms with Crippen molar-refractivity contribution in [1.82, 2.24) is 5.32 Å². The largest absolute Gasteiger partial charge is 0.464 e. The third kappa shape index (κ3) is 8.03. The van der Waals surface area contributed by atoms with E-state index in [0.717, 1.165) is 11.1 Å². The number of alkyl carbamates (subject to hydrolysis) is 1. The fraction of sp³-hybridized carbons (Fsp3) is 0.259. The number of hydrogen-bond acceptors (Lipinski definition) is 6. The zero-order valence-electron chi connectivity index (χ0n) is 19.1. The van der Waals surface area contributed by atoms with E-state index in [0.29, 0.717) is 12.2 Å². The van der Waals surface area contributed by atoms with Crippen LogP contribution < -0.4 is 5.32 Å². The summed E-state index contributed by atoms with van der Waals surface area (Å²) in [7, 11) is 0. The molecule has 3 aromatic carbocycles. The Balaban J connectivity index is 1.69. The second kappa shape index (κ2) is 13.8. The normalized spacial score (nSPS) is 12.4. The molecule has 2 atom stereocenters. The molecule has 1 N–H and O–H groups in total. The number of ether oxygens (including phenoxy) is 4. The molecular formula is C27H29NO6. The van der Waals surface area contributed by atoms with Crippen LogP contribution in [-0.4, -0.2) is 31.6 Å². The minimum atomic E-state index is -1.14. The van der Waals surface area contributed by atoms with Gasteiger partial charge in [-0.1, -0.05) is 91.0 Å². The Morgan fingerprint density at radius 1 is 0.765 bits per heavy atom. The molecule has 0 aliphatic heterocycles. The lowest BCUT2D eigenvalue weighted by Crippen LogP contribution is -2.43. The first kappa shape index (κ1) is 25.0. The van der Waals surface area contributed by atoms with E-state index in [1.54, 1.807) is 19.1 Å². The van der Waals surface area contributed by atoms with Gasteiger partial charge in [0, 0.05) is 0 Å². The summed E-state index contributed by atoms with van der Waals surface area (Å²) in [4.78, 5) is 25.4. The summed E-state index contributed by atoms with van der Waals surface area (Å²) in [6.45, 7) is 2.13. The van der Waals surface area contributed by atoms with Gasteiger partial charge in [-0.2, -0.15) is 0 Å². The Kier molecular flexibility index (Phi) is 10.1. The molecule has 7 heteroatoms. The molecular weight excluding hydrogens is 434 g/mol. The van der Waals surface area contributed by atoms with E-state index in [1.807, 2.05) is 78.9 Å².